The van der Waals surface area contributed by atoms with E-state index in [1.165, 1.54) is 0 Å². The third-order valence-corrected chi connectivity index (χ3v) is 5.02. The fourth-order valence-corrected chi connectivity index (χ4v) is 3.30. The lowest BCUT2D eigenvalue weighted by Crippen LogP contribution is -2.52. The number of hydrogen-bond donors (Lipinski definition) is 2. The number of aromatic nitrogens is 1. The predicted octanol–water partition coefficient (Wildman–Crippen LogP) is 2.90. The van der Waals surface area contributed by atoms with Gasteiger partial charge in [0.05, 0.1) is 19.8 Å². The molecule has 1 aromatic heterocycles. The molecule has 29 heavy (non-hydrogen) atoms. The van der Waals surface area contributed by atoms with E-state index < -0.39 is 0 Å². The Balaban J connectivity index is 0.00000420. The minimum Gasteiger partial charge on any atom is -0.477 e. The zero-order valence-electron chi connectivity index (χ0n) is 18.3. The van der Waals surface area contributed by atoms with E-state index in [-0.39, 0.29) is 24.0 Å². The van der Waals surface area contributed by atoms with Gasteiger partial charge in [0.1, 0.15) is 0 Å². The molecule has 1 aliphatic heterocycles. The first kappa shape index (κ1) is 25.9. The van der Waals surface area contributed by atoms with E-state index in [4.69, 9.17) is 9.47 Å². The maximum Gasteiger partial charge on any atom is 0.218 e. The van der Waals surface area contributed by atoms with Gasteiger partial charge in [0, 0.05) is 51.0 Å². The second-order valence-corrected chi connectivity index (χ2v) is 7.44. The number of ether oxygens (including phenoxy) is 2. The topological polar surface area (TPSA) is 71.0 Å². The Morgan fingerprint density at radius 1 is 1.31 bits per heavy atom. The lowest BCUT2D eigenvalue weighted by molar-refractivity contribution is 0.00752. The number of unbranched alkanes of at least 4 members (excludes halogenated alkanes) is 1. The van der Waals surface area contributed by atoms with Crippen molar-refractivity contribution in [2.75, 3.05) is 46.5 Å². The molecule has 1 unspecified atom stereocenters. The van der Waals surface area contributed by atoms with E-state index >= 15 is 0 Å². The average molecular weight is 519 g/mol. The van der Waals surface area contributed by atoms with Gasteiger partial charge in [-0.05, 0) is 18.4 Å². The molecule has 2 heterocycles. The van der Waals surface area contributed by atoms with Gasteiger partial charge in [0.15, 0.2) is 5.96 Å². The van der Waals surface area contributed by atoms with Gasteiger partial charge < -0.3 is 20.1 Å². The zero-order valence-corrected chi connectivity index (χ0v) is 20.6. The first-order chi connectivity index (χ1) is 13.7. The first-order valence-corrected chi connectivity index (χ1v) is 10.5. The largest absolute Gasteiger partial charge is 0.477 e. The van der Waals surface area contributed by atoms with Gasteiger partial charge in [0.2, 0.25) is 5.88 Å². The van der Waals surface area contributed by atoms with Crippen LogP contribution in [0.5, 0.6) is 5.88 Å². The second-order valence-electron chi connectivity index (χ2n) is 7.44. The number of guanidine groups is 1. The Morgan fingerprint density at radius 2 is 2.07 bits per heavy atom. The predicted molar refractivity (Wildman–Crippen MR) is 129 cm³/mol. The molecule has 0 bridgehead atoms. The molecule has 0 radical (unpaired) electrons. The van der Waals surface area contributed by atoms with Crippen LogP contribution in [-0.2, 0) is 11.3 Å². The van der Waals surface area contributed by atoms with Gasteiger partial charge in [-0.1, -0.05) is 33.3 Å². The smallest absolute Gasteiger partial charge is 0.218 e. The fourth-order valence-electron chi connectivity index (χ4n) is 3.30. The molecule has 1 aromatic rings. The van der Waals surface area contributed by atoms with Gasteiger partial charge >= 0.3 is 0 Å². The normalized spacial score (nSPS) is 16.2. The number of aliphatic imine (C=N–C) groups is 1. The van der Waals surface area contributed by atoms with Crippen LogP contribution in [0.1, 0.15) is 39.2 Å². The molecule has 1 saturated heterocycles. The van der Waals surface area contributed by atoms with Crippen molar-refractivity contribution in [3.63, 3.8) is 0 Å². The summed E-state index contributed by atoms with van der Waals surface area (Å²) in [4.78, 5) is 11.3. The summed E-state index contributed by atoms with van der Waals surface area (Å²) in [5, 5.41) is 6.87. The van der Waals surface area contributed by atoms with Gasteiger partial charge in [-0.25, -0.2) is 4.98 Å². The van der Waals surface area contributed by atoms with E-state index in [1.807, 2.05) is 12.1 Å². The summed E-state index contributed by atoms with van der Waals surface area (Å²) in [5.74, 6) is 2.05. The number of hydrogen-bond acceptors (Lipinski definition) is 5. The highest BCUT2D eigenvalue weighted by Crippen LogP contribution is 2.15. The van der Waals surface area contributed by atoms with Crippen LogP contribution in [-0.4, -0.2) is 68.4 Å². The molecule has 0 aromatic carbocycles. The molecule has 1 atom stereocenters. The molecule has 2 rings (SSSR count). The SMILES string of the molecule is CCCCOc1ncccc1CNC(=NC)NCC(C(C)C)N1CCOCC1.I. The van der Waals surface area contributed by atoms with Gasteiger partial charge in [-0.15, -0.1) is 24.0 Å². The van der Waals surface area contributed by atoms with Crippen molar-refractivity contribution >= 4 is 29.9 Å². The maximum atomic E-state index is 5.82. The van der Waals surface area contributed by atoms with Gasteiger partial charge in [-0.2, -0.15) is 0 Å². The Bertz CT molecular complexity index is 594. The van der Waals surface area contributed by atoms with Crippen LogP contribution in [0, 0.1) is 5.92 Å². The number of halogens is 1. The summed E-state index contributed by atoms with van der Waals surface area (Å²) in [5.41, 5.74) is 1.04. The molecule has 0 amide bonds. The van der Waals surface area contributed by atoms with Crippen LogP contribution in [0.3, 0.4) is 0 Å². The lowest BCUT2D eigenvalue weighted by atomic mass is 10.0. The minimum atomic E-state index is 0. The highest BCUT2D eigenvalue weighted by Gasteiger charge is 2.23. The van der Waals surface area contributed by atoms with E-state index in [2.05, 4.69) is 46.3 Å². The third kappa shape index (κ3) is 9.04. The molecule has 1 fully saturated rings. The molecule has 0 saturated carbocycles. The summed E-state index contributed by atoms with van der Waals surface area (Å²) in [6.45, 7) is 12.5. The number of nitrogens with zero attached hydrogens (tertiary/aromatic N) is 3. The summed E-state index contributed by atoms with van der Waals surface area (Å²) >= 11 is 0. The van der Waals surface area contributed by atoms with Crippen molar-refractivity contribution < 1.29 is 9.47 Å². The molecular formula is C21H38IN5O2. The van der Waals surface area contributed by atoms with Crippen molar-refractivity contribution in [2.45, 2.75) is 46.2 Å². The lowest BCUT2D eigenvalue weighted by Gasteiger charge is -2.37. The monoisotopic (exact) mass is 519 g/mol. The number of rotatable bonds is 10. The standard InChI is InChI=1S/C21H37N5O2.HI/c1-5-6-12-28-20-18(8-7-9-23-20)15-24-21(22-4)25-16-19(17(2)3)26-10-13-27-14-11-26;/h7-9,17,19H,5-6,10-16H2,1-4H3,(H2,22,24,25);1H. The molecule has 8 heteroatoms. The van der Waals surface area contributed by atoms with Crippen molar-refractivity contribution in [2.24, 2.45) is 10.9 Å². The van der Waals surface area contributed by atoms with E-state index in [0.717, 1.165) is 57.2 Å². The molecule has 0 spiro atoms. The van der Waals surface area contributed by atoms with Crippen LogP contribution in [0.15, 0.2) is 23.3 Å². The minimum absolute atomic E-state index is 0. The summed E-state index contributed by atoms with van der Waals surface area (Å²) in [6, 6.07) is 4.43. The van der Waals surface area contributed by atoms with E-state index in [1.54, 1.807) is 13.2 Å². The molecule has 7 nitrogen and oxygen atoms in total. The molecule has 1 aliphatic rings. The van der Waals surface area contributed by atoms with Gasteiger partial charge in [0.25, 0.3) is 0 Å². The Labute approximate surface area is 193 Å². The Morgan fingerprint density at radius 3 is 2.72 bits per heavy atom. The van der Waals surface area contributed by atoms with Crippen LogP contribution >= 0.6 is 24.0 Å². The highest BCUT2D eigenvalue weighted by atomic mass is 127. The van der Waals surface area contributed by atoms with Crippen molar-refractivity contribution in [1.29, 1.82) is 0 Å². The van der Waals surface area contributed by atoms with Crippen LogP contribution in [0.2, 0.25) is 0 Å². The maximum absolute atomic E-state index is 5.82. The molecule has 166 valence electrons. The van der Waals surface area contributed by atoms with Crippen LogP contribution in [0.4, 0.5) is 0 Å². The highest BCUT2D eigenvalue weighted by molar-refractivity contribution is 14.0. The van der Waals surface area contributed by atoms with E-state index in [9.17, 15) is 0 Å². The summed E-state index contributed by atoms with van der Waals surface area (Å²) in [6.07, 6.45) is 3.91. The van der Waals surface area contributed by atoms with Crippen molar-refractivity contribution in [3.8, 4) is 5.88 Å². The summed E-state index contributed by atoms with van der Waals surface area (Å²) in [7, 11) is 1.80. The number of morpholine rings is 1. The summed E-state index contributed by atoms with van der Waals surface area (Å²) < 4.78 is 11.3. The zero-order chi connectivity index (χ0) is 20.2. The Kier molecular flexibility index (Phi) is 13.2. The number of pyridine rings is 1. The van der Waals surface area contributed by atoms with Crippen LogP contribution in [0.25, 0.3) is 0 Å². The van der Waals surface area contributed by atoms with E-state index in [0.29, 0.717) is 31.0 Å². The average Bonchev–Trinajstić information content (AvgIpc) is 2.72. The van der Waals surface area contributed by atoms with Gasteiger partial charge in [-0.3, -0.25) is 9.89 Å². The fraction of sp³-hybridized carbons (Fsp3) is 0.714. The van der Waals surface area contributed by atoms with Crippen molar-refractivity contribution in [1.82, 2.24) is 20.5 Å². The third-order valence-electron chi connectivity index (χ3n) is 5.02. The van der Waals surface area contributed by atoms with Crippen molar-refractivity contribution in [3.05, 3.63) is 23.9 Å². The first-order valence-electron chi connectivity index (χ1n) is 10.5. The number of nitrogens with one attached hydrogen (secondary N) is 2. The molecular weight excluding hydrogens is 481 g/mol. The quantitative estimate of drug-likeness (QED) is 0.215. The Hall–Kier alpha value is -1.13. The molecule has 0 aliphatic carbocycles. The van der Waals surface area contributed by atoms with Crippen LogP contribution < -0.4 is 15.4 Å². The second kappa shape index (κ2) is 14.8. The molecule has 2 N–H and O–H groups in total.